The van der Waals surface area contributed by atoms with Gasteiger partial charge in [0, 0.05) is 9.13 Å². The smallest absolute Gasteiger partial charge is 0.496 e. The zero-order valence-corrected chi connectivity index (χ0v) is 27.3. The number of rotatable bonds is 6. The van der Waals surface area contributed by atoms with Gasteiger partial charge in [-0.2, -0.15) is 0 Å². The quantitative estimate of drug-likeness (QED) is 0.120. The fraction of sp³-hybridized carbons (Fsp3) is 0.172. The molecule has 0 fully saturated rings. The average Bonchev–Trinajstić information content (AvgIpc) is 2.97. The van der Waals surface area contributed by atoms with Crippen molar-refractivity contribution in [3.8, 4) is 34.1 Å². The van der Waals surface area contributed by atoms with Gasteiger partial charge >= 0.3 is 7.12 Å². The molecule has 0 aromatic heterocycles. The minimum absolute atomic E-state index is 0. The van der Waals surface area contributed by atoms with Gasteiger partial charge in [0.1, 0.15) is 28.8 Å². The third-order valence-electron chi connectivity index (χ3n) is 5.28. The lowest BCUT2D eigenvalue weighted by atomic mass is 9.78. The Morgan fingerprint density at radius 1 is 0.634 bits per heavy atom. The van der Waals surface area contributed by atoms with E-state index in [4.69, 9.17) is 29.0 Å². The Morgan fingerprint density at radius 2 is 1.02 bits per heavy atom. The molecule has 0 unspecified atom stereocenters. The van der Waals surface area contributed by atoms with E-state index < -0.39 is 7.12 Å². The summed E-state index contributed by atoms with van der Waals surface area (Å²) in [5.74, 6) is 1.43. The molecular weight excluding hydrogens is 780 g/mol. The Kier molecular flexibility index (Phi) is 16.3. The van der Waals surface area contributed by atoms with Crippen molar-refractivity contribution in [2.24, 2.45) is 0 Å². The topological polar surface area (TPSA) is 77.4 Å². The molecule has 0 amide bonds. The Bertz CT molecular complexity index is 1350. The van der Waals surface area contributed by atoms with Crippen LogP contribution in [0.5, 0.6) is 23.0 Å². The van der Waals surface area contributed by atoms with Crippen molar-refractivity contribution in [1.82, 2.24) is 0 Å². The SMILES string of the molecule is C.COc1cccc(OC)c1-c1cccc(Br)c1F.COc1cccc(OC)c1B(O)O.Fc1c(Br)cccc1I. The summed E-state index contributed by atoms with van der Waals surface area (Å²) < 4.78 is 48.9. The average molecular weight is 810 g/mol. The molecule has 0 aliphatic rings. The van der Waals surface area contributed by atoms with E-state index in [2.05, 4.69) is 31.9 Å². The molecule has 41 heavy (non-hydrogen) atoms. The highest BCUT2D eigenvalue weighted by molar-refractivity contribution is 14.1. The number of benzene rings is 4. The minimum atomic E-state index is -1.59. The van der Waals surface area contributed by atoms with Gasteiger partial charge in [-0.1, -0.05) is 37.8 Å². The van der Waals surface area contributed by atoms with Gasteiger partial charge in [-0.3, -0.25) is 0 Å². The Hall–Kier alpha value is -2.39. The van der Waals surface area contributed by atoms with Crippen LogP contribution in [0.25, 0.3) is 11.1 Å². The van der Waals surface area contributed by atoms with Crippen LogP contribution in [0.3, 0.4) is 0 Å². The van der Waals surface area contributed by atoms with Gasteiger partial charge in [0.25, 0.3) is 0 Å². The van der Waals surface area contributed by atoms with Gasteiger partial charge in [0.15, 0.2) is 5.82 Å². The zero-order valence-electron chi connectivity index (χ0n) is 21.9. The number of ether oxygens (including phenoxy) is 4. The second kappa shape index (κ2) is 18.2. The monoisotopic (exact) mass is 808 g/mol. The van der Waals surface area contributed by atoms with E-state index in [1.54, 1.807) is 87.0 Å². The van der Waals surface area contributed by atoms with Crippen LogP contribution < -0.4 is 24.4 Å². The predicted molar refractivity (Wildman–Crippen MR) is 176 cm³/mol. The van der Waals surface area contributed by atoms with Gasteiger partial charge in [-0.15, -0.1) is 0 Å². The first kappa shape index (κ1) is 36.6. The molecule has 0 aliphatic heterocycles. The van der Waals surface area contributed by atoms with E-state index in [0.29, 0.717) is 46.6 Å². The number of hydrogen-bond donors (Lipinski definition) is 2. The maximum Gasteiger partial charge on any atom is 0.496 e. The van der Waals surface area contributed by atoms with E-state index in [9.17, 15) is 8.78 Å². The third-order valence-corrected chi connectivity index (χ3v) is 7.34. The summed E-state index contributed by atoms with van der Waals surface area (Å²) in [5.41, 5.74) is 1.30. The summed E-state index contributed by atoms with van der Waals surface area (Å²) in [5, 5.41) is 18.1. The third kappa shape index (κ3) is 9.85. The Labute approximate surface area is 270 Å². The van der Waals surface area contributed by atoms with Crippen LogP contribution in [-0.4, -0.2) is 45.6 Å². The maximum atomic E-state index is 14.2. The van der Waals surface area contributed by atoms with Gasteiger partial charge in [-0.25, -0.2) is 8.78 Å². The van der Waals surface area contributed by atoms with E-state index in [1.165, 1.54) is 14.2 Å². The molecular formula is C29H30BBr2F2IO6. The number of hydrogen-bond acceptors (Lipinski definition) is 6. The fourth-order valence-corrected chi connectivity index (χ4v) is 5.03. The summed E-state index contributed by atoms with van der Waals surface area (Å²) in [7, 11) is 4.43. The molecule has 0 heterocycles. The summed E-state index contributed by atoms with van der Waals surface area (Å²) >= 11 is 8.19. The lowest BCUT2D eigenvalue weighted by Gasteiger charge is -2.14. The zero-order chi connectivity index (χ0) is 29.8. The molecule has 6 nitrogen and oxygen atoms in total. The molecule has 0 atom stereocenters. The van der Waals surface area contributed by atoms with Crippen molar-refractivity contribution < 1.29 is 37.8 Å². The highest BCUT2D eigenvalue weighted by atomic mass is 127. The molecule has 12 heteroatoms. The van der Waals surface area contributed by atoms with Crippen LogP contribution in [0.4, 0.5) is 8.78 Å². The highest BCUT2D eigenvalue weighted by Gasteiger charge is 2.21. The largest absolute Gasteiger partial charge is 0.497 e. The summed E-state index contributed by atoms with van der Waals surface area (Å²) in [6.07, 6.45) is 0. The first-order valence-corrected chi connectivity index (χ1v) is 14.1. The lowest BCUT2D eigenvalue weighted by Crippen LogP contribution is -2.32. The van der Waals surface area contributed by atoms with Gasteiger partial charge < -0.3 is 29.0 Å². The molecule has 0 saturated heterocycles. The van der Waals surface area contributed by atoms with E-state index >= 15 is 0 Å². The van der Waals surface area contributed by atoms with Crippen LogP contribution in [0.1, 0.15) is 7.43 Å². The van der Waals surface area contributed by atoms with Crippen LogP contribution in [0.2, 0.25) is 0 Å². The van der Waals surface area contributed by atoms with Crippen molar-refractivity contribution in [3.05, 3.63) is 96.9 Å². The summed E-state index contributed by atoms with van der Waals surface area (Å²) in [4.78, 5) is 0. The van der Waals surface area contributed by atoms with Crippen LogP contribution >= 0.6 is 54.5 Å². The second-order valence-electron chi connectivity index (χ2n) is 7.62. The molecule has 2 N–H and O–H groups in total. The predicted octanol–water partition coefficient (Wildman–Crippen LogP) is 7.48. The van der Waals surface area contributed by atoms with Gasteiger partial charge in [-0.05, 0) is 96.9 Å². The molecule has 4 rings (SSSR count). The molecule has 0 aliphatic carbocycles. The first-order valence-electron chi connectivity index (χ1n) is 11.4. The normalized spacial score (nSPS) is 9.63. The van der Waals surface area contributed by atoms with Crippen LogP contribution in [0.15, 0.2) is 81.7 Å². The summed E-state index contributed by atoms with van der Waals surface area (Å²) in [6.45, 7) is 0. The number of halogens is 5. The molecule has 220 valence electrons. The molecule has 4 aromatic carbocycles. The summed E-state index contributed by atoms with van der Waals surface area (Å²) in [6, 6.07) is 20.7. The Morgan fingerprint density at radius 3 is 1.41 bits per heavy atom. The van der Waals surface area contributed by atoms with Crippen LogP contribution in [-0.2, 0) is 0 Å². The first-order chi connectivity index (χ1) is 19.1. The van der Waals surface area contributed by atoms with Crippen molar-refractivity contribution in [2.75, 3.05) is 28.4 Å². The van der Waals surface area contributed by atoms with Crippen molar-refractivity contribution in [1.29, 1.82) is 0 Å². The van der Waals surface area contributed by atoms with Gasteiger partial charge in [0.05, 0.1) is 48.4 Å². The van der Waals surface area contributed by atoms with E-state index in [0.717, 1.165) is 0 Å². The Balaban J connectivity index is 0.000000322. The lowest BCUT2D eigenvalue weighted by molar-refractivity contribution is 0.385. The van der Waals surface area contributed by atoms with E-state index in [-0.39, 0.29) is 24.5 Å². The molecule has 4 aromatic rings. The minimum Gasteiger partial charge on any atom is -0.497 e. The standard InChI is InChI=1S/C14H12BrFO2.C8H11BO4.C6H3BrFI.CH4/c1-17-11-7-4-8-12(18-2)13(11)9-5-3-6-10(15)14(9)16;1-12-6-4-3-5-7(13-2)8(6)9(10)11;7-4-2-1-3-5(9)6(4)8;/h3-8H,1-2H3;3-5,10-11H,1-2H3;1-3H;1H4. The number of methoxy groups -OCH3 is 4. The van der Waals surface area contributed by atoms with Crippen molar-refractivity contribution >= 4 is 67.0 Å². The molecule has 0 radical (unpaired) electrons. The molecule has 0 spiro atoms. The fourth-order valence-electron chi connectivity index (χ4n) is 3.43. The second-order valence-corrected chi connectivity index (χ2v) is 10.5. The van der Waals surface area contributed by atoms with Gasteiger partial charge in [0.2, 0.25) is 0 Å². The van der Waals surface area contributed by atoms with Crippen molar-refractivity contribution in [3.63, 3.8) is 0 Å². The van der Waals surface area contributed by atoms with Crippen molar-refractivity contribution in [2.45, 2.75) is 7.43 Å². The highest BCUT2D eigenvalue weighted by Crippen LogP contribution is 2.40. The van der Waals surface area contributed by atoms with Crippen LogP contribution in [0, 0.1) is 15.2 Å². The molecule has 0 saturated carbocycles. The maximum absolute atomic E-state index is 14.2. The molecule has 0 bridgehead atoms. The van der Waals surface area contributed by atoms with E-state index in [1.807, 2.05) is 22.6 Å².